The molecule has 0 bridgehead atoms. The quantitative estimate of drug-likeness (QED) is 0.303. The molecule has 3 aromatic rings. The first-order valence-corrected chi connectivity index (χ1v) is 10.4. The van der Waals surface area contributed by atoms with Crippen LogP contribution in [0.3, 0.4) is 0 Å². The number of rotatable bonds is 7. The third-order valence-corrected chi connectivity index (χ3v) is 5.12. The molecule has 12 heteroatoms. The molecule has 2 aromatic carbocycles. The molecule has 5 nitrogen and oxygen atoms in total. The molecular formula is C24H15ClF6N2O3. The fourth-order valence-electron chi connectivity index (χ4n) is 3.05. The average molecular weight is 529 g/mol. The molecule has 0 aliphatic carbocycles. The highest BCUT2D eigenvalue weighted by Gasteiger charge is 2.33. The Balaban J connectivity index is 1.68. The highest BCUT2D eigenvalue weighted by atomic mass is 35.5. The number of halogens is 7. The number of nitriles is 1. The highest BCUT2D eigenvalue weighted by molar-refractivity contribution is 6.31. The number of carbonyl (C=O) groups excluding carboxylic acids is 1. The summed E-state index contributed by atoms with van der Waals surface area (Å²) in [6.07, 6.45) is -9.87. The molecule has 3 rings (SSSR count). The van der Waals surface area contributed by atoms with E-state index in [4.69, 9.17) is 21.1 Å². The Hall–Kier alpha value is -3.78. The van der Waals surface area contributed by atoms with Crippen molar-refractivity contribution >= 4 is 17.4 Å². The molecule has 188 valence electrons. The van der Waals surface area contributed by atoms with Crippen molar-refractivity contribution in [2.75, 3.05) is 0 Å². The maximum Gasteiger partial charge on any atom is 0.417 e. The number of hydrogen-bond donors (Lipinski definition) is 0. The van der Waals surface area contributed by atoms with Crippen molar-refractivity contribution < 1.29 is 40.6 Å². The van der Waals surface area contributed by atoms with Crippen molar-refractivity contribution in [3.8, 4) is 23.4 Å². The minimum atomic E-state index is -4.63. The number of alkyl halides is 6. The van der Waals surface area contributed by atoms with Crippen LogP contribution in [0.1, 0.15) is 29.5 Å². The van der Waals surface area contributed by atoms with Gasteiger partial charge < -0.3 is 9.47 Å². The van der Waals surface area contributed by atoms with Crippen molar-refractivity contribution in [1.82, 2.24) is 4.98 Å². The van der Waals surface area contributed by atoms with Crippen LogP contribution in [-0.2, 0) is 17.1 Å². The van der Waals surface area contributed by atoms with Crippen molar-refractivity contribution in [3.05, 3.63) is 82.5 Å². The fourth-order valence-corrected chi connectivity index (χ4v) is 3.25. The number of ketones is 1. The van der Waals surface area contributed by atoms with E-state index in [1.165, 1.54) is 37.3 Å². The predicted molar refractivity (Wildman–Crippen MR) is 116 cm³/mol. The summed E-state index contributed by atoms with van der Waals surface area (Å²) in [6, 6.07) is 11.8. The zero-order valence-electron chi connectivity index (χ0n) is 18.2. The van der Waals surface area contributed by atoms with E-state index in [2.05, 4.69) is 4.98 Å². The number of nitrogens with zero attached hydrogens (tertiary/aromatic N) is 2. The van der Waals surface area contributed by atoms with Gasteiger partial charge in [0.15, 0.2) is 11.9 Å². The molecule has 0 saturated heterocycles. The van der Waals surface area contributed by atoms with Gasteiger partial charge in [0.1, 0.15) is 22.4 Å². The van der Waals surface area contributed by atoms with Gasteiger partial charge in [-0.15, -0.1) is 0 Å². The van der Waals surface area contributed by atoms with Crippen molar-refractivity contribution in [2.45, 2.75) is 31.3 Å². The summed E-state index contributed by atoms with van der Waals surface area (Å²) in [7, 11) is 0. The smallest absolute Gasteiger partial charge is 0.417 e. The van der Waals surface area contributed by atoms with Crippen LogP contribution >= 0.6 is 11.6 Å². The van der Waals surface area contributed by atoms with E-state index < -0.39 is 41.3 Å². The molecule has 0 saturated carbocycles. The Morgan fingerprint density at radius 3 is 2.14 bits per heavy atom. The molecule has 1 aromatic heterocycles. The second-order valence-corrected chi connectivity index (χ2v) is 7.84. The van der Waals surface area contributed by atoms with E-state index in [0.29, 0.717) is 12.3 Å². The van der Waals surface area contributed by atoms with Crippen LogP contribution in [0.4, 0.5) is 26.3 Å². The molecule has 1 heterocycles. The van der Waals surface area contributed by atoms with Crippen LogP contribution in [0.2, 0.25) is 5.02 Å². The Labute approximate surface area is 205 Å². The van der Waals surface area contributed by atoms with Crippen LogP contribution in [0.5, 0.6) is 17.4 Å². The third-order valence-electron chi connectivity index (χ3n) is 4.85. The third kappa shape index (κ3) is 6.46. The second kappa shape index (κ2) is 10.5. The van der Waals surface area contributed by atoms with Gasteiger partial charge in [0.05, 0.1) is 17.2 Å². The van der Waals surface area contributed by atoms with E-state index in [-0.39, 0.29) is 28.0 Å². The molecule has 0 amide bonds. The molecular weight excluding hydrogens is 514 g/mol. The van der Waals surface area contributed by atoms with E-state index >= 15 is 0 Å². The minimum absolute atomic E-state index is 0.113. The standard InChI is InChI=1S/C24H15ClF6N2O3/c1-13(21(34)19(11-32)14-3-2-4-15(9-14)23(26,27)28)35-17-5-7-18(8-6-17)36-22-20(25)10-16(12-33-22)24(29,30)31/h2-10,12-13,19H,1H3. The van der Waals surface area contributed by atoms with Gasteiger partial charge >= 0.3 is 12.4 Å². The van der Waals surface area contributed by atoms with Gasteiger partial charge in [-0.2, -0.15) is 31.6 Å². The Morgan fingerprint density at radius 1 is 0.972 bits per heavy atom. The van der Waals surface area contributed by atoms with E-state index in [0.717, 1.165) is 18.2 Å². The van der Waals surface area contributed by atoms with Crippen molar-refractivity contribution in [2.24, 2.45) is 0 Å². The van der Waals surface area contributed by atoms with Gasteiger partial charge in [0.25, 0.3) is 0 Å². The molecule has 2 atom stereocenters. The summed E-state index contributed by atoms with van der Waals surface area (Å²) < 4.78 is 88.0. The Bertz CT molecular complexity index is 1290. The number of ether oxygens (including phenoxy) is 2. The summed E-state index contributed by atoms with van der Waals surface area (Å²) in [6.45, 7) is 1.34. The van der Waals surface area contributed by atoms with Crippen LogP contribution < -0.4 is 9.47 Å². The van der Waals surface area contributed by atoms with Gasteiger partial charge in [0.2, 0.25) is 5.88 Å². The predicted octanol–water partition coefficient (Wildman–Crippen LogP) is 7.21. The van der Waals surface area contributed by atoms with Gasteiger partial charge in [-0.05, 0) is 48.9 Å². The first-order chi connectivity index (χ1) is 16.8. The van der Waals surface area contributed by atoms with Crippen LogP contribution in [0, 0.1) is 11.3 Å². The molecule has 0 fully saturated rings. The van der Waals surface area contributed by atoms with Gasteiger partial charge in [-0.25, -0.2) is 4.98 Å². The molecule has 0 aliphatic heterocycles. The van der Waals surface area contributed by atoms with E-state index in [9.17, 15) is 36.4 Å². The van der Waals surface area contributed by atoms with Crippen LogP contribution in [-0.4, -0.2) is 16.9 Å². The summed E-state index contributed by atoms with van der Waals surface area (Å²) in [4.78, 5) is 16.3. The monoisotopic (exact) mass is 528 g/mol. The largest absolute Gasteiger partial charge is 0.483 e. The minimum Gasteiger partial charge on any atom is -0.483 e. The zero-order valence-corrected chi connectivity index (χ0v) is 18.9. The number of Topliss-reactive ketones (excluding diaryl/α,β-unsaturated/α-hetero) is 1. The lowest BCUT2D eigenvalue weighted by atomic mass is 9.92. The van der Waals surface area contributed by atoms with Crippen LogP contribution in [0.25, 0.3) is 0 Å². The molecule has 2 unspecified atom stereocenters. The lowest BCUT2D eigenvalue weighted by Gasteiger charge is -2.18. The second-order valence-electron chi connectivity index (χ2n) is 7.43. The first kappa shape index (κ1) is 26.8. The number of carbonyl (C=O) groups is 1. The average Bonchev–Trinajstić information content (AvgIpc) is 2.81. The lowest BCUT2D eigenvalue weighted by Crippen LogP contribution is -2.29. The molecule has 36 heavy (non-hydrogen) atoms. The molecule has 0 N–H and O–H groups in total. The maximum absolute atomic E-state index is 13.0. The maximum atomic E-state index is 13.0. The van der Waals surface area contributed by atoms with Gasteiger partial charge in [-0.3, -0.25) is 4.79 Å². The molecule has 0 radical (unpaired) electrons. The highest BCUT2D eigenvalue weighted by Crippen LogP contribution is 2.35. The van der Waals surface area contributed by atoms with Crippen molar-refractivity contribution in [1.29, 1.82) is 5.26 Å². The molecule has 0 aliphatic rings. The van der Waals surface area contributed by atoms with Crippen molar-refractivity contribution in [3.63, 3.8) is 0 Å². The van der Waals surface area contributed by atoms with Gasteiger partial charge in [0, 0.05) is 6.20 Å². The number of benzene rings is 2. The fraction of sp³-hybridized carbons (Fsp3) is 0.208. The number of hydrogen-bond acceptors (Lipinski definition) is 5. The lowest BCUT2D eigenvalue weighted by molar-refractivity contribution is -0.138. The topological polar surface area (TPSA) is 72.2 Å². The zero-order chi connectivity index (χ0) is 26.7. The Kier molecular flexibility index (Phi) is 7.79. The van der Waals surface area contributed by atoms with Gasteiger partial charge in [-0.1, -0.05) is 29.8 Å². The SMILES string of the molecule is CC(Oc1ccc(Oc2ncc(C(F)(F)F)cc2Cl)cc1)C(=O)C(C#N)c1cccc(C(F)(F)F)c1. The summed E-state index contributed by atoms with van der Waals surface area (Å²) in [5, 5.41) is 9.06. The number of aromatic nitrogens is 1. The summed E-state index contributed by atoms with van der Waals surface area (Å²) >= 11 is 5.81. The summed E-state index contributed by atoms with van der Waals surface area (Å²) in [5.74, 6) is -2.19. The summed E-state index contributed by atoms with van der Waals surface area (Å²) in [5.41, 5.74) is -2.14. The van der Waals surface area contributed by atoms with E-state index in [1.807, 2.05) is 0 Å². The molecule has 0 spiro atoms. The normalized spacial score (nSPS) is 13.4. The Morgan fingerprint density at radius 2 is 1.58 bits per heavy atom. The van der Waals surface area contributed by atoms with Crippen LogP contribution in [0.15, 0.2) is 60.8 Å². The van der Waals surface area contributed by atoms with E-state index in [1.54, 1.807) is 6.07 Å². The first-order valence-electron chi connectivity index (χ1n) is 10.1. The number of pyridine rings is 1.